The van der Waals surface area contributed by atoms with Crippen molar-refractivity contribution in [2.75, 3.05) is 7.11 Å². The highest BCUT2D eigenvalue weighted by atomic mass is 35.5. The quantitative estimate of drug-likeness (QED) is 0.157. The number of methoxy groups -OCH3 is 1. The van der Waals surface area contributed by atoms with E-state index in [0.29, 0.717) is 5.56 Å². The maximum atomic E-state index is 12.5. The predicted molar refractivity (Wildman–Crippen MR) is 177 cm³/mol. The van der Waals surface area contributed by atoms with Gasteiger partial charge < -0.3 is 9.84 Å². The van der Waals surface area contributed by atoms with Gasteiger partial charge in [-0.25, -0.2) is 36.6 Å². The first-order valence-electron chi connectivity index (χ1n) is 12.4. The molecule has 4 aromatic rings. The second kappa shape index (κ2) is 14.6. The van der Waals surface area contributed by atoms with Crippen molar-refractivity contribution in [2.45, 2.75) is 17.3 Å². The van der Waals surface area contributed by atoms with Crippen LogP contribution < -0.4 is 0 Å². The third-order valence-corrected chi connectivity index (χ3v) is 11.5. The number of carbonyl (C=O) groups excluding carboxylic acids is 1. The predicted octanol–water partition coefficient (Wildman–Crippen LogP) is 7.09. The van der Waals surface area contributed by atoms with Crippen molar-refractivity contribution in [3.63, 3.8) is 0 Å². The Morgan fingerprint density at radius 1 is 0.891 bits per heavy atom. The molecule has 0 saturated heterocycles. The molecule has 0 radical (unpaired) electrons. The summed E-state index contributed by atoms with van der Waals surface area (Å²) < 4.78 is 54.7. The molecule has 46 heavy (non-hydrogen) atoms. The topological polar surface area (TPSA) is 166 Å². The lowest BCUT2D eigenvalue weighted by atomic mass is 10.1. The molecule has 0 saturated carbocycles. The van der Waals surface area contributed by atoms with E-state index in [0.717, 1.165) is 0 Å². The van der Waals surface area contributed by atoms with E-state index in [1.54, 1.807) is 12.1 Å². The number of ether oxygens (including phenoxy) is 1. The molecular formula is C27H18Cl6N4O7S2. The van der Waals surface area contributed by atoms with Crippen molar-refractivity contribution in [3.8, 4) is 0 Å². The van der Waals surface area contributed by atoms with E-state index in [9.17, 15) is 26.7 Å². The maximum Gasteiger partial charge on any atom is 0.356 e. The Kier molecular flexibility index (Phi) is 11.4. The van der Waals surface area contributed by atoms with Gasteiger partial charge >= 0.3 is 5.97 Å². The molecule has 0 spiro atoms. The van der Waals surface area contributed by atoms with Crippen LogP contribution in [0.5, 0.6) is 0 Å². The first-order chi connectivity index (χ1) is 21.6. The fourth-order valence-electron chi connectivity index (χ4n) is 4.18. The number of aliphatic hydroxyl groups is 1. The number of carbonyl (C=O) groups is 1. The highest BCUT2D eigenvalue weighted by Gasteiger charge is 2.36. The number of aromatic nitrogens is 4. The molecule has 0 bridgehead atoms. The molecular weight excluding hydrogens is 769 g/mol. The summed E-state index contributed by atoms with van der Waals surface area (Å²) in [7, 11) is -6.40. The van der Waals surface area contributed by atoms with Crippen molar-refractivity contribution < 1.29 is 31.5 Å². The van der Waals surface area contributed by atoms with Crippen molar-refractivity contribution in [2.24, 2.45) is 0 Å². The highest BCUT2D eigenvalue weighted by molar-refractivity contribution is 8.00. The molecule has 242 valence electrons. The lowest BCUT2D eigenvalue weighted by Gasteiger charge is -2.20. The van der Waals surface area contributed by atoms with Gasteiger partial charge in [0.05, 0.1) is 44.5 Å². The van der Waals surface area contributed by atoms with E-state index in [-0.39, 0.29) is 64.2 Å². The van der Waals surface area contributed by atoms with E-state index in [2.05, 4.69) is 24.7 Å². The van der Waals surface area contributed by atoms with Gasteiger partial charge in [0.25, 0.3) is 0 Å². The largest absolute Gasteiger partial charge is 0.504 e. The number of halogens is 6. The number of aliphatic hydroxyl groups excluding tert-OH is 1. The average Bonchev–Trinajstić information content (AvgIpc) is 3.00. The van der Waals surface area contributed by atoms with Crippen LogP contribution in [0.2, 0.25) is 30.4 Å². The monoisotopic (exact) mass is 784 g/mol. The molecule has 1 N–H and O–H groups in total. The average molecular weight is 787 g/mol. The second-order valence-corrected chi connectivity index (χ2v) is 15.5. The number of fused-ring (bicyclic) bond motifs is 1. The number of hydrogen-bond acceptors (Lipinski definition) is 11. The summed E-state index contributed by atoms with van der Waals surface area (Å²) in [6.45, 7) is 0. The van der Waals surface area contributed by atoms with E-state index in [1.165, 1.54) is 44.0 Å². The highest BCUT2D eigenvalue weighted by Crippen LogP contribution is 2.43. The molecule has 11 nitrogen and oxygen atoms in total. The summed E-state index contributed by atoms with van der Waals surface area (Å²) in [5.74, 6) is -2.43. The van der Waals surface area contributed by atoms with E-state index >= 15 is 0 Å². The molecule has 0 unspecified atom stereocenters. The van der Waals surface area contributed by atoms with Gasteiger partial charge in [-0.2, -0.15) is 0 Å². The fraction of sp³-hybridized carbons (Fsp3) is 0.148. The molecule has 1 aliphatic heterocycles. The zero-order valence-electron chi connectivity index (χ0n) is 23.0. The third kappa shape index (κ3) is 7.85. The molecule has 5 rings (SSSR count). The molecule has 4 aromatic heterocycles. The summed E-state index contributed by atoms with van der Waals surface area (Å²) in [5, 5.41) is 10.2. The van der Waals surface area contributed by atoms with Gasteiger partial charge in [-0.05, 0) is 17.7 Å². The number of hydrogen-bond donors (Lipinski definition) is 1. The van der Waals surface area contributed by atoms with E-state index < -0.39 is 47.8 Å². The van der Waals surface area contributed by atoms with Crippen LogP contribution in [0.4, 0.5) is 0 Å². The second-order valence-electron chi connectivity index (χ2n) is 9.26. The number of esters is 1. The van der Waals surface area contributed by atoms with Gasteiger partial charge in [-0.15, -0.1) is 0 Å². The number of sulfone groups is 2. The van der Waals surface area contributed by atoms with Crippen LogP contribution in [0.25, 0.3) is 10.7 Å². The van der Waals surface area contributed by atoms with Crippen molar-refractivity contribution in [1.82, 2.24) is 19.9 Å². The molecule has 0 aliphatic carbocycles. The molecule has 1 aliphatic rings. The van der Waals surface area contributed by atoms with Crippen LogP contribution in [0, 0.1) is 0 Å². The van der Waals surface area contributed by atoms with Crippen LogP contribution in [-0.2, 0) is 41.7 Å². The zero-order chi connectivity index (χ0) is 34.0. The van der Waals surface area contributed by atoms with E-state index in [4.69, 9.17) is 69.6 Å². The molecule has 0 aromatic carbocycles. The van der Waals surface area contributed by atoms with E-state index in [1.807, 2.05) is 0 Å². The molecule has 5 heterocycles. The maximum absolute atomic E-state index is 12.5. The Hall–Kier alpha value is -2.75. The normalized spacial score (nSPS) is 13.8. The molecule has 19 heteroatoms. The minimum atomic E-state index is -3.87. The van der Waals surface area contributed by atoms with Gasteiger partial charge in [0.2, 0.25) is 0 Å². The summed E-state index contributed by atoms with van der Waals surface area (Å²) in [6, 6.07) is 6.19. The van der Waals surface area contributed by atoms with Gasteiger partial charge in [-0.3, -0.25) is 4.98 Å². The minimum Gasteiger partial charge on any atom is -0.504 e. The Morgan fingerprint density at radius 3 is 2.17 bits per heavy atom. The molecule has 0 fully saturated rings. The summed E-state index contributed by atoms with van der Waals surface area (Å²) in [4.78, 5) is 26.7. The number of pyridine rings is 4. The van der Waals surface area contributed by atoms with Gasteiger partial charge in [0, 0.05) is 41.5 Å². The van der Waals surface area contributed by atoms with Crippen LogP contribution >= 0.6 is 69.6 Å². The smallest absolute Gasteiger partial charge is 0.356 e. The van der Waals surface area contributed by atoms with Crippen molar-refractivity contribution >= 4 is 106 Å². The standard InChI is InChI=1S/C14H11Cl3N2O4S.C13H7Cl3N2O3S/c1-23-14(20)12-8(3-2-4-18-12)6-24(21,22)7-9-10(15)5-19-13(17)11(9)16;14-7-4-18-13(16)9(15)8(7)12-11(19)10-6(2-1-3-17-10)5-22(12,20)21/h2-5H,6-7H2,1H3;1-4,19H,5H2. The Labute approximate surface area is 292 Å². The van der Waals surface area contributed by atoms with Gasteiger partial charge in [-0.1, -0.05) is 81.7 Å². The minimum absolute atomic E-state index is 0.0212. The summed E-state index contributed by atoms with van der Waals surface area (Å²) in [6.07, 6.45) is 5.23. The Bertz CT molecular complexity index is 2110. The van der Waals surface area contributed by atoms with Crippen molar-refractivity contribution in [3.05, 3.63) is 113 Å². The van der Waals surface area contributed by atoms with Crippen molar-refractivity contribution in [1.29, 1.82) is 0 Å². The fourth-order valence-corrected chi connectivity index (χ4v) is 9.01. The number of rotatable bonds is 6. The van der Waals surface area contributed by atoms with Gasteiger partial charge in [0.15, 0.2) is 31.1 Å². The zero-order valence-corrected chi connectivity index (χ0v) is 29.2. The SMILES string of the molecule is COC(=O)c1ncccc1CS(=O)(=O)Cc1c(Cl)cnc(Cl)c1Cl.O=S1(=O)Cc2cccnc2C(O)=C1c1c(Cl)cnc(Cl)c1Cl. The van der Waals surface area contributed by atoms with Gasteiger partial charge in [0.1, 0.15) is 20.9 Å². The number of nitrogens with zero attached hydrogens (tertiary/aromatic N) is 4. The van der Waals surface area contributed by atoms with Crippen LogP contribution in [0.15, 0.2) is 49.1 Å². The Balaban J connectivity index is 0.000000209. The Morgan fingerprint density at radius 2 is 1.50 bits per heavy atom. The van der Waals surface area contributed by atoms with Crippen LogP contribution in [0.3, 0.4) is 0 Å². The van der Waals surface area contributed by atoms with Crippen LogP contribution in [0.1, 0.15) is 38.4 Å². The molecule has 0 atom stereocenters. The van der Waals surface area contributed by atoms with Crippen LogP contribution in [-0.4, -0.2) is 55.0 Å². The lowest BCUT2D eigenvalue weighted by molar-refractivity contribution is 0.0593. The first-order valence-corrected chi connectivity index (χ1v) is 18.1. The summed E-state index contributed by atoms with van der Waals surface area (Å²) >= 11 is 35.6. The third-order valence-electron chi connectivity index (χ3n) is 6.18. The molecule has 0 amide bonds. The first kappa shape index (κ1) is 36.1. The summed E-state index contributed by atoms with van der Waals surface area (Å²) in [5.41, 5.74) is 0.813. The lowest BCUT2D eigenvalue weighted by Crippen LogP contribution is -2.17.